The summed E-state index contributed by atoms with van der Waals surface area (Å²) >= 11 is 0. The van der Waals surface area contributed by atoms with Crippen LogP contribution >= 0.6 is 0 Å². The number of hydrogen-bond acceptors (Lipinski definition) is 4. The Bertz CT molecular complexity index is 1330. The van der Waals surface area contributed by atoms with Crippen LogP contribution in [-0.2, 0) is 27.3 Å². The van der Waals surface area contributed by atoms with E-state index in [2.05, 4.69) is 113 Å². The number of aromatic hydroxyl groups is 2. The van der Waals surface area contributed by atoms with Gasteiger partial charge in [-0.1, -0.05) is 139 Å². The van der Waals surface area contributed by atoms with Crippen LogP contribution in [0.25, 0.3) is 0 Å². The van der Waals surface area contributed by atoms with E-state index in [9.17, 15) is 10.2 Å². The first-order valence-electron chi connectivity index (χ1n) is 16.2. The minimum Gasteiger partial charge on any atom is -0.504 e. The van der Waals surface area contributed by atoms with E-state index in [1.165, 1.54) is 22.3 Å². The maximum atomic E-state index is 9.87. The van der Waals surface area contributed by atoms with E-state index in [4.69, 9.17) is 9.98 Å². The van der Waals surface area contributed by atoms with Crippen LogP contribution in [0.2, 0.25) is 0 Å². The second-order valence-corrected chi connectivity index (χ2v) is 15.1. The predicted octanol–water partition coefficient (Wildman–Crippen LogP) is 12.0. The minimum absolute atomic E-state index is 0. The third-order valence-corrected chi connectivity index (χ3v) is 7.92. The van der Waals surface area contributed by atoms with E-state index in [0.717, 1.165) is 22.5 Å². The minimum atomic E-state index is -0.178. The number of benzene rings is 3. The van der Waals surface area contributed by atoms with E-state index in [-0.39, 0.29) is 38.8 Å². The van der Waals surface area contributed by atoms with Crippen LogP contribution in [0.3, 0.4) is 0 Å². The summed E-state index contributed by atoms with van der Waals surface area (Å²) in [5.41, 5.74) is 8.98. The standard InChI is InChI=1S/C26H36N2.C14H22O2.Ni/c1-17(2)21-11-9-12-22(18(3)4)25(21)27-15-16-28-26-23(19(5)6)13-10-14-24(26)20(7)8;1-13(2,3)9-7-10(14(4,5)6)12(16)11(15)8-9;/h9-20H,1-8H3;7-8,15-16H,1-6H3;. The fourth-order valence-corrected chi connectivity index (χ4v) is 5.16. The summed E-state index contributed by atoms with van der Waals surface area (Å²) in [7, 11) is 0. The first kappa shape index (κ1) is 40.1. The average molecular weight is 658 g/mol. The maximum absolute atomic E-state index is 9.87. The first-order chi connectivity index (χ1) is 20.3. The van der Waals surface area contributed by atoms with Crippen molar-refractivity contribution < 1.29 is 26.7 Å². The Morgan fingerprint density at radius 2 is 0.889 bits per heavy atom. The van der Waals surface area contributed by atoms with Gasteiger partial charge in [0.25, 0.3) is 0 Å². The zero-order chi connectivity index (χ0) is 33.6. The summed E-state index contributed by atoms with van der Waals surface area (Å²) in [4.78, 5) is 9.68. The van der Waals surface area contributed by atoms with Gasteiger partial charge in [0.05, 0.1) is 11.4 Å². The molecule has 3 aromatic carbocycles. The molecule has 4 nitrogen and oxygen atoms in total. The molecule has 0 aliphatic heterocycles. The molecule has 0 saturated carbocycles. The molecule has 0 unspecified atom stereocenters. The van der Waals surface area contributed by atoms with E-state index in [1.807, 2.05) is 39.3 Å². The number of aliphatic imine (C=N–C) groups is 2. The van der Waals surface area contributed by atoms with E-state index in [1.54, 1.807) is 6.07 Å². The van der Waals surface area contributed by atoms with Crippen molar-refractivity contribution in [2.75, 3.05) is 0 Å². The topological polar surface area (TPSA) is 65.2 Å². The zero-order valence-corrected chi connectivity index (χ0v) is 31.2. The number of rotatable bonds is 7. The summed E-state index contributed by atoms with van der Waals surface area (Å²) in [5.74, 6) is 1.74. The average Bonchev–Trinajstić information content (AvgIpc) is 2.91. The van der Waals surface area contributed by atoms with Gasteiger partial charge in [0.2, 0.25) is 0 Å². The fraction of sp³-hybridized carbons (Fsp3) is 0.500. The summed E-state index contributed by atoms with van der Waals surface area (Å²) in [5, 5.41) is 19.6. The Kier molecular flexibility index (Phi) is 14.8. The van der Waals surface area contributed by atoms with Crippen LogP contribution in [0, 0.1) is 0 Å². The molecule has 0 aliphatic rings. The molecular weight excluding hydrogens is 599 g/mol. The number of phenolic OH excluding ortho intramolecular Hbond substituents is 2. The van der Waals surface area contributed by atoms with Gasteiger partial charge in [-0.05, 0) is 68.4 Å². The van der Waals surface area contributed by atoms with Crippen molar-refractivity contribution in [1.29, 1.82) is 0 Å². The molecule has 0 heterocycles. The van der Waals surface area contributed by atoms with Gasteiger partial charge in [0.1, 0.15) is 0 Å². The number of phenols is 2. The predicted molar refractivity (Wildman–Crippen MR) is 193 cm³/mol. The Balaban J connectivity index is 0.000000508. The molecule has 3 rings (SSSR count). The van der Waals surface area contributed by atoms with Gasteiger partial charge < -0.3 is 10.2 Å². The van der Waals surface area contributed by atoms with Crippen LogP contribution in [-0.4, -0.2) is 22.6 Å². The molecule has 0 radical (unpaired) electrons. The molecule has 250 valence electrons. The molecule has 0 bridgehead atoms. The van der Waals surface area contributed by atoms with Crippen molar-refractivity contribution in [2.24, 2.45) is 9.98 Å². The van der Waals surface area contributed by atoms with Crippen molar-refractivity contribution in [1.82, 2.24) is 0 Å². The summed E-state index contributed by atoms with van der Waals surface area (Å²) in [6, 6.07) is 16.7. The van der Waals surface area contributed by atoms with Crippen LogP contribution in [0.1, 0.15) is 154 Å². The van der Waals surface area contributed by atoms with Gasteiger partial charge in [-0.3, -0.25) is 9.98 Å². The third-order valence-electron chi connectivity index (χ3n) is 7.92. The van der Waals surface area contributed by atoms with E-state index in [0.29, 0.717) is 23.7 Å². The summed E-state index contributed by atoms with van der Waals surface area (Å²) in [6.07, 6.45) is 3.71. The van der Waals surface area contributed by atoms with Crippen molar-refractivity contribution >= 4 is 23.8 Å². The molecule has 0 aromatic heterocycles. The zero-order valence-electron chi connectivity index (χ0n) is 30.2. The van der Waals surface area contributed by atoms with E-state index >= 15 is 0 Å². The van der Waals surface area contributed by atoms with Gasteiger partial charge in [-0.25, -0.2) is 0 Å². The van der Waals surface area contributed by atoms with Crippen molar-refractivity contribution in [2.45, 2.75) is 131 Å². The summed E-state index contributed by atoms with van der Waals surface area (Å²) in [6.45, 7) is 30.1. The van der Waals surface area contributed by atoms with Gasteiger partial charge in [-0.2, -0.15) is 0 Å². The number of para-hydroxylation sites is 2. The van der Waals surface area contributed by atoms with Crippen molar-refractivity contribution in [3.05, 3.63) is 81.9 Å². The van der Waals surface area contributed by atoms with E-state index < -0.39 is 0 Å². The molecule has 0 amide bonds. The molecule has 0 saturated heterocycles. The molecule has 3 aromatic rings. The first-order valence-corrected chi connectivity index (χ1v) is 16.2. The second-order valence-electron chi connectivity index (χ2n) is 15.1. The van der Waals surface area contributed by atoms with Gasteiger partial charge in [0.15, 0.2) is 11.5 Å². The second kappa shape index (κ2) is 16.6. The van der Waals surface area contributed by atoms with Gasteiger partial charge >= 0.3 is 0 Å². The quantitative estimate of drug-likeness (QED) is 0.151. The van der Waals surface area contributed by atoms with Crippen molar-refractivity contribution in [3.8, 4) is 11.5 Å². The molecule has 5 heteroatoms. The SMILES string of the molecule is CC(C)(C)c1cc(O)c(O)c(C(C)(C)C)c1.CC(C)c1cccc(C(C)C)c1N=CC=Nc1c(C(C)C)cccc1C(C)C.[Ni]. The molecule has 0 atom stereocenters. The molecule has 0 fully saturated rings. The van der Waals surface area contributed by atoms with Crippen LogP contribution in [0.4, 0.5) is 11.4 Å². The third kappa shape index (κ3) is 10.8. The molecule has 0 aliphatic carbocycles. The molecule has 0 spiro atoms. The molecule has 45 heavy (non-hydrogen) atoms. The Morgan fingerprint density at radius 1 is 0.556 bits per heavy atom. The molecule has 2 N–H and O–H groups in total. The maximum Gasteiger partial charge on any atom is 0.161 e. The normalized spacial score (nSPS) is 12.4. The smallest absolute Gasteiger partial charge is 0.161 e. The Morgan fingerprint density at radius 3 is 1.16 bits per heavy atom. The van der Waals surface area contributed by atoms with Crippen LogP contribution in [0.15, 0.2) is 58.5 Å². The Labute approximate surface area is 284 Å². The monoisotopic (exact) mass is 656 g/mol. The summed E-state index contributed by atoms with van der Waals surface area (Å²) < 4.78 is 0. The fourth-order valence-electron chi connectivity index (χ4n) is 5.16. The van der Waals surface area contributed by atoms with Crippen molar-refractivity contribution in [3.63, 3.8) is 0 Å². The Hall–Kier alpha value is -2.91. The number of hydrogen-bond donors (Lipinski definition) is 2. The number of nitrogens with zero attached hydrogens (tertiary/aromatic N) is 2. The van der Waals surface area contributed by atoms with Gasteiger partial charge in [-0.15, -0.1) is 0 Å². The molecular formula is C40H58N2NiO2. The van der Waals surface area contributed by atoms with Crippen LogP contribution < -0.4 is 0 Å². The van der Waals surface area contributed by atoms with Gasteiger partial charge in [0, 0.05) is 34.5 Å². The van der Waals surface area contributed by atoms with Crippen LogP contribution in [0.5, 0.6) is 11.5 Å². The largest absolute Gasteiger partial charge is 0.504 e.